The highest BCUT2D eigenvalue weighted by Gasteiger charge is 2.02. The summed E-state index contributed by atoms with van der Waals surface area (Å²) in [5, 5.41) is 19.7. The Balaban J connectivity index is 1.81. The van der Waals surface area contributed by atoms with Crippen molar-refractivity contribution in [1.29, 1.82) is 5.26 Å². The molecule has 0 aliphatic rings. The molecule has 20 heavy (non-hydrogen) atoms. The molecule has 104 valence electrons. The minimum atomic E-state index is 0.0737. The Bertz CT molecular complexity index is 570. The van der Waals surface area contributed by atoms with Gasteiger partial charge in [-0.15, -0.1) is 10.2 Å². The first-order valence-electron chi connectivity index (χ1n) is 6.49. The highest BCUT2D eigenvalue weighted by Crippen LogP contribution is 2.11. The van der Waals surface area contributed by atoms with Gasteiger partial charge in [0.1, 0.15) is 24.0 Å². The Morgan fingerprint density at radius 2 is 2.10 bits per heavy atom. The quantitative estimate of drug-likeness (QED) is 0.825. The molecule has 1 N–H and O–H groups in total. The van der Waals surface area contributed by atoms with Gasteiger partial charge in [-0.1, -0.05) is 12.1 Å². The lowest BCUT2D eigenvalue weighted by atomic mass is 10.2. The zero-order chi connectivity index (χ0) is 14.2. The largest absolute Gasteiger partial charge is 0.479 e. The van der Waals surface area contributed by atoms with E-state index in [-0.39, 0.29) is 6.61 Å². The molecule has 1 aromatic heterocycles. The molecule has 0 bridgehead atoms. The number of aromatic nitrogens is 3. The smallest absolute Gasteiger partial charge is 0.174 e. The first-order valence-corrected chi connectivity index (χ1v) is 6.49. The molecule has 0 aliphatic heterocycles. The molecular weight excluding hydrogens is 254 g/mol. The molecule has 6 nitrogen and oxygen atoms in total. The van der Waals surface area contributed by atoms with E-state index in [1.165, 1.54) is 0 Å². The van der Waals surface area contributed by atoms with Crippen molar-refractivity contribution in [2.24, 2.45) is 0 Å². The fourth-order valence-corrected chi connectivity index (χ4v) is 1.82. The lowest BCUT2D eigenvalue weighted by Gasteiger charge is -2.07. The summed E-state index contributed by atoms with van der Waals surface area (Å²) in [6, 6.07) is 9.62. The minimum absolute atomic E-state index is 0.0737. The molecule has 0 saturated heterocycles. The first kappa shape index (κ1) is 14.0. The molecule has 0 atom stereocenters. The average molecular weight is 271 g/mol. The van der Waals surface area contributed by atoms with Crippen molar-refractivity contribution in [1.82, 2.24) is 20.1 Å². The van der Waals surface area contributed by atoms with Crippen LogP contribution in [0, 0.1) is 11.3 Å². The Labute approximate surface area is 118 Å². The van der Waals surface area contributed by atoms with Crippen molar-refractivity contribution in [3.05, 3.63) is 42.0 Å². The van der Waals surface area contributed by atoms with Crippen LogP contribution >= 0.6 is 0 Å². The van der Waals surface area contributed by atoms with Crippen molar-refractivity contribution >= 4 is 0 Å². The second kappa shape index (κ2) is 7.26. The van der Waals surface area contributed by atoms with Gasteiger partial charge in [-0.2, -0.15) is 5.26 Å². The van der Waals surface area contributed by atoms with Gasteiger partial charge in [0.25, 0.3) is 0 Å². The van der Waals surface area contributed by atoms with Gasteiger partial charge >= 0.3 is 0 Å². The van der Waals surface area contributed by atoms with Gasteiger partial charge in [0.2, 0.25) is 0 Å². The summed E-state index contributed by atoms with van der Waals surface area (Å²) in [5.41, 5.74) is 1.15. The highest BCUT2D eigenvalue weighted by atomic mass is 16.5. The van der Waals surface area contributed by atoms with Gasteiger partial charge in [0, 0.05) is 13.1 Å². The maximum absolute atomic E-state index is 8.43. The van der Waals surface area contributed by atoms with E-state index in [2.05, 4.69) is 22.4 Å². The number of ether oxygens (including phenoxy) is 1. The van der Waals surface area contributed by atoms with E-state index in [9.17, 15) is 0 Å². The lowest BCUT2D eigenvalue weighted by molar-refractivity contribution is 0.368. The van der Waals surface area contributed by atoms with E-state index in [1.807, 2.05) is 34.9 Å². The van der Waals surface area contributed by atoms with Crippen molar-refractivity contribution in [2.75, 3.05) is 6.61 Å². The lowest BCUT2D eigenvalue weighted by Crippen LogP contribution is -2.16. The third kappa shape index (κ3) is 3.80. The van der Waals surface area contributed by atoms with Crippen LogP contribution in [0.25, 0.3) is 0 Å². The summed E-state index contributed by atoms with van der Waals surface area (Å²) < 4.78 is 7.21. The zero-order valence-electron chi connectivity index (χ0n) is 11.4. The van der Waals surface area contributed by atoms with E-state index >= 15 is 0 Å². The van der Waals surface area contributed by atoms with Crippen LogP contribution in [-0.4, -0.2) is 21.4 Å². The van der Waals surface area contributed by atoms with Crippen LogP contribution in [0.15, 0.2) is 30.6 Å². The second-order valence-electron chi connectivity index (χ2n) is 4.23. The number of aryl methyl sites for hydroxylation is 1. The molecule has 0 radical (unpaired) electrons. The molecule has 0 spiro atoms. The highest BCUT2D eigenvalue weighted by molar-refractivity contribution is 5.27. The fraction of sp³-hybridized carbons (Fsp3) is 0.357. The van der Waals surface area contributed by atoms with E-state index < -0.39 is 0 Å². The monoisotopic (exact) mass is 271 g/mol. The van der Waals surface area contributed by atoms with E-state index in [0.717, 1.165) is 24.5 Å². The number of hydrogen-bond acceptors (Lipinski definition) is 5. The van der Waals surface area contributed by atoms with Crippen LogP contribution < -0.4 is 10.1 Å². The average Bonchev–Trinajstić information content (AvgIpc) is 2.94. The molecule has 1 aromatic carbocycles. The van der Waals surface area contributed by atoms with Crippen LogP contribution in [0.2, 0.25) is 0 Å². The predicted molar refractivity (Wildman–Crippen MR) is 73.8 cm³/mol. The summed E-state index contributed by atoms with van der Waals surface area (Å²) >= 11 is 0. The molecule has 0 fully saturated rings. The van der Waals surface area contributed by atoms with Gasteiger partial charge in [-0.05, 0) is 24.6 Å². The van der Waals surface area contributed by atoms with E-state index in [0.29, 0.717) is 12.3 Å². The Hall–Kier alpha value is -2.39. The van der Waals surface area contributed by atoms with Crippen molar-refractivity contribution < 1.29 is 4.74 Å². The van der Waals surface area contributed by atoms with Gasteiger partial charge < -0.3 is 14.6 Å². The number of benzene rings is 1. The third-order valence-corrected chi connectivity index (χ3v) is 2.88. The van der Waals surface area contributed by atoms with Gasteiger partial charge in [-0.25, -0.2) is 0 Å². The summed E-state index contributed by atoms with van der Waals surface area (Å²) in [6.07, 6.45) is 1.73. The molecule has 2 rings (SSSR count). The van der Waals surface area contributed by atoms with Crippen LogP contribution in [0.1, 0.15) is 18.3 Å². The summed E-state index contributed by atoms with van der Waals surface area (Å²) in [7, 11) is 0. The van der Waals surface area contributed by atoms with Crippen molar-refractivity contribution in [3.8, 4) is 11.8 Å². The number of hydrogen-bond donors (Lipinski definition) is 1. The normalized spacial score (nSPS) is 10.2. The number of nitrogens with one attached hydrogen (secondary N) is 1. The van der Waals surface area contributed by atoms with E-state index in [4.69, 9.17) is 10.00 Å². The van der Waals surface area contributed by atoms with Crippen molar-refractivity contribution in [2.45, 2.75) is 26.6 Å². The van der Waals surface area contributed by atoms with Gasteiger partial charge in [0.05, 0.1) is 6.54 Å². The molecule has 0 amide bonds. The molecule has 2 aromatic rings. The standard InChI is InChI=1S/C14H17N5O/c1-2-19-11-17-18-14(19)10-16-9-12-3-5-13(6-4-12)20-8-7-15/h3-6,11,16H,2,8-10H2,1H3. The summed E-state index contributed by atoms with van der Waals surface area (Å²) in [6.45, 7) is 4.43. The summed E-state index contributed by atoms with van der Waals surface area (Å²) in [4.78, 5) is 0. The molecule has 0 saturated carbocycles. The van der Waals surface area contributed by atoms with E-state index in [1.54, 1.807) is 6.33 Å². The number of nitriles is 1. The zero-order valence-corrected chi connectivity index (χ0v) is 11.4. The number of nitrogens with zero attached hydrogens (tertiary/aromatic N) is 4. The SMILES string of the molecule is CCn1cnnc1CNCc1ccc(OCC#N)cc1. The maximum Gasteiger partial charge on any atom is 0.174 e. The Morgan fingerprint density at radius 1 is 1.30 bits per heavy atom. The predicted octanol–water partition coefficient (Wildman–Crippen LogP) is 1.49. The maximum atomic E-state index is 8.43. The molecule has 0 aliphatic carbocycles. The molecule has 0 unspecified atom stereocenters. The molecular formula is C14H17N5O. The minimum Gasteiger partial charge on any atom is -0.479 e. The molecule has 6 heteroatoms. The fourth-order valence-electron chi connectivity index (χ4n) is 1.82. The third-order valence-electron chi connectivity index (χ3n) is 2.88. The van der Waals surface area contributed by atoms with Crippen molar-refractivity contribution in [3.63, 3.8) is 0 Å². The van der Waals surface area contributed by atoms with Crippen LogP contribution in [0.5, 0.6) is 5.75 Å². The van der Waals surface area contributed by atoms with Crippen LogP contribution in [0.3, 0.4) is 0 Å². The topological polar surface area (TPSA) is 75.8 Å². The Morgan fingerprint density at radius 3 is 2.80 bits per heavy atom. The Kier molecular flexibility index (Phi) is 5.09. The van der Waals surface area contributed by atoms with Crippen LogP contribution in [-0.2, 0) is 19.6 Å². The first-order chi connectivity index (χ1) is 9.83. The number of rotatable bonds is 7. The van der Waals surface area contributed by atoms with Crippen LogP contribution in [0.4, 0.5) is 0 Å². The summed E-state index contributed by atoms with van der Waals surface area (Å²) in [5.74, 6) is 1.64. The second-order valence-corrected chi connectivity index (χ2v) is 4.23. The molecule has 1 heterocycles. The van der Waals surface area contributed by atoms with Gasteiger partial charge in [-0.3, -0.25) is 0 Å². The van der Waals surface area contributed by atoms with Gasteiger partial charge in [0.15, 0.2) is 6.61 Å².